The molecule has 0 saturated carbocycles. The van der Waals surface area contributed by atoms with Gasteiger partial charge in [-0.25, -0.2) is 5.48 Å². The molecule has 21 heavy (non-hydrogen) atoms. The molecule has 0 aliphatic heterocycles. The Balaban J connectivity index is 2.57. The molecule has 0 saturated heterocycles. The van der Waals surface area contributed by atoms with Gasteiger partial charge in [0.1, 0.15) is 5.75 Å². The summed E-state index contributed by atoms with van der Waals surface area (Å²) in [6, 6.07) is 3.45. The number of rotatable bonds is 7. The van der Waals surface area contributed by atoms with E-state index in [0.717, 1.165) is 0 Å². The monoisotopic (exact) mass is 359 g/mol. The molecule has 1 unspecified atom stereocenters. The number of aromatic hydroxyl groups is 1. The Bertz CT molecular complexity index is 538. The van der Waals surface area contributed by atoms with E-state index in [1.807, 2.05) is 0 Å². The molecule has 1 rings (SSSR count). The van der Waals surface area contributed by atoms with Gasteiger partial charge in [0.25, 0.3) is 0 Å². The van der Waals surface area contributed by atoms with Gasteiger partial charge >= 0.3 is 0 Å². The van der Waals surface area contributed by atoms with Crippen LogP contribution in [-0.4, -0.2) is 34.7 Å². The van der Waals surface area contributed by atoms with Crippen LogP contribution < -0.4 is 10.8 Å². The third-order valence-corrected chi connectivity index (χ3v) is 3.28. The Labute approximate surface area is 128 Å². The highest BCUT2D eigenvalue weighted by atomic mass is 79.9. The standard InChI is InChI=1S/C12H14BrN3O5/c13-8-5-7(1-2-10(8)17)6-9(15-20)12(19)14-4-3-11(18)16-21/h1-2,5,9,17,21H,3-4,6H2,(H,14,19)(H,16,18). The SMILES string of the molecule is O=NC(Cc1ccc(O)c(Br)c1)C(=O)NCCC(=O)NO. The minimum absolute atomic E-state index is 0.0173. The van der Waals surface area contributed by atoms with Crippen molar-refractivity contribution in [3.05, 3.63) is 33.1 Å². The van der Waals surface area contributed by atoms with Crippen LogP contribution in [0.3, 0.4) is 0 Å². The quantitative estimate of drug-likeness (QED) is 0.326. The molecule has 1 aromatic carbocycles. The maximum absolute atomic E-state index is 11.7. The molecule has 0 spiro atoms. The van der Waals surface area contributed by atoms with Crippen molar-refractivity contribution in [2.24, 2.45) is 5.18 Å². The number of hydroxylamine groups is 1. The van der Waals surface area contributed by atoms with Crippen LogP contribution in [0.25, 0.3) is 0 Å². The molecule has 0 fully saturated rings. The van der Waals surface area contributed by atoms with Gasteiger partial charge in [-0.3, -0.25) is 14.8 Å². The van der Waals surface area contributed by atoms with Crippen molar-refractivity contribution >= 4 is 27.7 Å². The predicted octanol–water partition coefficient (Wildman–Crippen LogP) is 0.844. The largest absolute Gasteiger partial charge is 0.507 e. The zero-order valence-electron chi connectivity index (χ0n) is 10.9. The Kier molecular flexibility index (Phi) is 6.76. The van der Waals surface area contributed by atoms with Crippen molar-refractivity contribution in [2.45, 2.75) is 18.9 Å². The van der Waals surface area contributed by atoms with Gasteiger partial charge in [-0.15, -0.1) is 4.91 Å². The molecule has 0 bridgehead atoms. The summed E-state index contributed by atoms with van der Waals surface area (Å²) in [6.07, 6.45) is -0.0427. The number of benzene rings is 1. The highest BCUT2D eigenvalue weighted by Gasteiger charge is 2.20. The van der Waals surface area contributed by atoms with Crippen molar-refractivity contribution in [3.63, 3.8) is 0 Å². The van der Waals surface area contributed by atoms with E-state index in [4.69, 9.17) is 5.21 Å². The average molecular weight is 360 g/mol. The number of amides is 2. The topological polar surface area (TPSA) is 128 Å². The number of phenolic OH excluding ortho intramolecular Hbond substituents is 1. The fourth-order valence-corrected chi connectivity index (χ4v) is 1.98. The number of nitrogens with zero attached hydrogens (tertiary/aromatic N) is 1. The smallest absolute Gasteiger partial charge is 0.248 e. The second-order valence-electron chi connectivity index (χ2n) is 4.19. The van der Waals surface area contributed by atoms with Crippen molar-refractivity contribution in [3.8, 4) is 5.75 Å². The van der Waals surface area contributed by atoms with Crippen LogP contribution >= 0.6 is 15.9 Å². The minimum Gasteiger partial charge on any atom is -0.507 e. The van der Waals surface area contributed by atoms with Crippen LogP contribution in [0.2, 0.25) is 0 Å². The second kappa shape index (κ2) is 8.32. The number of hydrogen-bond donors (Lipinski definition) is 4. The number of nitrogens with one attached hydrogen (secondary N) is 2. The summed E-state index contributed by atoms with van der Waals surface area (Å²) in [5.41, 5.74) is 2.07. The first-order valence-electron chi connectivity index (χ1n) is 5.98. The summed E-state index contributed by atoms with van der Waals surface area (Å²) in [6.45, 7) is -0.0173. The number of halogens is 1. The second-order valence-corrected chi connectivity index (χ2v) is 5.04. The van der Waals surface area contributed by atoms with Crippen LogP contribution in [0.5, 0.6) is 5.75 Å². The van der Waals surface area contributed by atoms with E-state index < -0.39 is 17.9 Å². The van der Waals surface area contributed by atoms with Gasteiger partial charge in [0, 0.05) is 19.4 Å². The van der Waals surface area contributed by atoms with Gasteiger partial charge in [0.05, 0.1) is 4.47 Å². The lowest BCUT2D eigenvalue weighted by Gasteiger charge is -2.10. The van der Waals surface area contributed by atoms with E-state index in [0.29, 0.717) is 10.0 Å². The molecular formula is C12H14BrN3O5. The number of nitroso groups, excluding NO2 is 1. The van der Waals surface area contributed by atoms with Crippen molar-refractivity contribution in [2.75, 3.05) is 6.54 Å². The number of hydrogen-bond acceptors (Lipinski definition) is 6. The van der Waals surface area contributed by atoms with Crippen LogP contribution in [0.4, 0.5) is 0 Å². The molecule has 0 heterocycles. The summed E-state index contributed by atoms with van der Waals surface area (Å²) in [4.78, 5) is 33.3. The zero-order valence-corrected chi connectivity index (χ0v) is 12.5. The third-order valence-electron chi connectivity index (χ3n) is 2.65. The summed E-state index contributed by atoms with van der Waals surface area (Å²) in [7, 11) is 0. The highest BCUT2D eigenvalue weighted by Crippen LogP contribution is 2.25. The molecule has 9 heteroatoms. The van der Waals surface area contributed by atoms with Crippen molar-refractivity contribution in [1.82, 2.24) is 10.8 Å². The van der Waals surface area contributed by atoms with Gasteiger partial charge in [-0.1, -0.05) is 11.2 Å². The molecule has 0 aliphatic rings. The van der Waals surface area contributed by atoms with E-state index in [2.05, 4.69) is 26.4 Å². The number of carbonyl (C=O) groups is 2. The molecule has 2 amide bonds. The van der Waals surface area contributed by atoms with Gasteiger partial charge < -0.3 is 10.4 Å². The third kappa shape index (κ3) is 5.48. The minimum atomic E-state index is -1.14. The van der Waals surface area contributed by atoms with Gasteiger partial charge in [0.15, 0.2) is 6.04 Å². The molecule has 4 N–H and O–H groups in total. The summed E-state index contributed by atoms with van der Waals surface area (Å²) in [5, 5.41) is 22.8. The van der Waals surface area contributed by atoms with E-state index >= 15 is 0 Å². The number of carbonyl (C=O) groups excluding carboxylic acids is 2. The Morgan fingerprint density at radius 2 is 2.10 bits per heavy atom. The van der Waals surface area contributed by atoms with Crippen molar-refractivity contribution in [1.29, 1.82) is 0 Å². The maximum atomic E-state index is 11.7. The molecule has 0 radical (unpaired) electrons. The Morgan fingerprint density at radius 1 is 1.38 bits per heavy atom. The van der Waals surface area contributed by atoms with Crippen LogP contribution in [0.1, 0.15) is 12.0 Å². The van der Waals surface area contributed by atoms with Crippen molar-refractivity contribution < 1.29 is 19.9 Å². The summed E-state index contributed by atoms with van der Waals surface area (Å²) >= 11 is 3.13. The Hall–Kier alpha value is -2.00. The van der Waals surface area contributed by atoms with E-state index in [-0.39, 0.29) is 25.1 Å². The van der Waals surface area contributed by atoms with Gasteiger partial charge in [0.2, 0.25) is 11.8 Å². The van der Waals surface area contributed by atoms with E-state index in [9.17, 15) is 19.6 Å². The highest BCUT2D eigenvalue weighted by molar-refractivity contribution is 9.10. The van der Waals surface area contributed by atoms with Gasteiger partial charge in [-0.2, -0.15) is 0 Å². The summed E-state index contributed by atoms with van der Waals surface area (Å²) in [5.74, 6) is -1.21. The normalized spacial score (nSPS) is 11.5. The fourth-order valence-electron chi connectivity index (χ4n) is 1.55. The lowest BCUT2D eigenvalue weighted by Crippen LogP contribution is -2.36. The number of phenols is 1. The molecule has 8 nitrogen and oxygen atoms in total. The maximum Gasteiger partial charge on any atom is 0.248 e. The molecule has 1 atom stereocenters. The molecule has 0 aromatic heterocycles. The first-order valence-corrected chi connectivity index (χ1v) is 6.77. The predicted molar refractivity (Wildman–Crippen MR) is 76.6 cm³/mol. The van der Waals surface area contributed by atoms with Crippen LogP contribution in [0.15, 0.2) is 27.8 Å². The summed E-state index contributed by atoms with van der Waals surface area (Å²) < 4.78 is 0.449. The zero-order chi connectivity index (χ0) is 15.8. The van der Waals surface area contributed by atoms with Crippen LogP contribution in [0, 0.1) is 4.91 Å². The molecular weight excluding hydrogens is 346 g/mol. The molecule has 114 valence electrons. The van der Waals surface area contributed by atoms with E-state index in [1.165, 1.54) is 11.5 Å². The van der Waals surface area contributed by atoms with Gasteiger partial charge in [-0.05, 0) is 33.6 Å². The lowest BCUT2D eigenvalue weighted by molar-refractivity contribution is -0.129. The molecule has 1 aromatic rings. The van der Waals surface area contributed by atoms with E-state index in [1.54, 1.807) is 12.1 Å². The Morgan fingerprint density at radius 3 is 2.67 bits per heavy atom. The lowest BCUT2D eigenvalue weighted by atomic mass is 10.1. The van der Waals surface area contributed by atoms with Crippen LogP contribution in [-0.2, 0) is 16.0 Å². The first-order chi connectivity index (χ1) is 9.97. The molecule has 0 aliphatic carbocycles. The average Bonchev–Trinajstić information content (AvgIpc) is 2.47. The fraction of sp³-hybridized carbons (Fsp3) is 0.333. The first kappa shape index (κ1) is 17.1.